The van der Waals surface area contributed by atoms with Crippen molar-refractivity contribution in [2.24, 2.45) is 0 Å². The van der Waals surface area contributed by atoms with Gasteiger partial charge in [0.1, 0.15) is 9.84 Å². The van der Waals surface area contributed by atoms with Crippen molar-refractivity contribution in [1.29, 1.82) is 0 Å². The zero-order chi connectivity index (χ0) is 13.6. The SMILES string of the molecule is CS(=O)(=O)CCOS(C)(=O)=O.CS(=O)(=O)Cl. The molecule has 0 aromatic heterocycles. The summed E-state index contributed by atoms with van der Waals surface area (Å²) in [4.78, 5) is 0. The predicted octanol–water partition coefficient (Wildman–Crippen LogP) is -0.808. The Balaban J connectivity index is 0. The Morgan fingerprint density at radius 2 is 1.25 bits per heavy atom. The molecular weight excluding hydrogens is 304 g/mol. The maximum absolute atomic E-state index is 10.4. The fourth-order valence-corrected chi connectivity index (χ4v) is 1.21. The summed E-state index contributed by atoms with van der Waals surface area (Å²) in [6.45, 7) is -0.308. The van der Waals surface area contributed by atoms with Crippen LogP contribution in [0.5, 0.6) is 0 Å². The van der Waals surface area contributed by atoms with Crippen molar-refractivity contribution in [2.75, 3.05) is 31.1 Å². The lowest BCUT2D eigenvalue weighted by atomic mass is 10.9. The van der Waals surface area contributed by atoms with Crippen molar-refractivity contribution in [1.82, 2.24) is 0 Å². The lowest BCUT2D eigenvalue weighted by molar-refractivity contribution is 0.343. The molecule has 0 rings (SSSR count). The van der Waals surface area contributed by atoms with Crippen LogP contribution >= 0.6 is 10.7 Å². The van der Waals surface area contributed by atoms with Gasteiger partial charge in [-0.1, -0.05) is 0 Å². The standard InChI is InChI=1S/C4H10O5S2.CH3ClO2S/c1-10(5,6)4-3-9-11(2,7)8;1-5(2,3)4/h3-4H2,1-2H3;1H3. The van der Waals surface area contributed by atoms with Gasteiger partial charge in [-0.25, -0.2) is 16.8 Å². The third-order valence-electron chi connectivity index (χ3n) is 0.752. The molecule has 0 fully saturated rings. The molecule has 0 saturated carbocycles. The molecular formula is C5H13ClO7S3. The number of rotatable bonds is 4. The van der Waals surface area contributed by atoms with Gasteiger partial charge in [0, 0.05) is 16.9 Å². The van der Waals surface area contributed by atoms with Gasteiger partial charge in [-0.3, -0.25) is 4.18 Å². The molecule has 0 heterocycles. The number of hydrogen-bond acceptors (Lipinski definition) is 7. The molecule has 0 saturated heterocycles. The normalized spacial score (nSPS) is 12.8. The summed E-state index contributed by atoms with van der Waals surface area (Å²) < 4.78 is 64.5. The molecule has 100 valence electrons. The molecule has 0 N–H and O–H groups in total. The fourth-order valence-electron chi connectivity index (χ4n) is 0.337. The fraction of sp³-hybridized carbons (Fsp3) is 1.00. The Bertz CT molecular complexity index is 446. The average Bonchev–Trinajstić information content (AvgIpc) is 1.74. The second-order valence-corrected chi connectivity index (χ2v) is 9.79. The Kier molecular flexibility index (Phi) is 7.78. The zero-order valence-electron chi connectivity index (χ0n) is 8.87. The Morgan fingerprint density at radius 3 is 1.44 bits per heavy atom. The summed E-state index contributed by atoms with van der Waals surface area (Å²) in [6, 6.07) is 0. The maximum Gasteiger partial charge on any atom is 0.264 e. The van der Waals surface area contributed by atoms with Crippen molar-refractivity contribution in [3.63, 3.8) is 0 Å². The van der Waals surface area contributed by atoms with Gasteiger partial charge >= 0.3 is 0 Å². The third-order valence-corrected chi connectivity index (χ3v) is 2.25. The van der Waals surface area contributed by atoms with E-state index in [0.717, 1.165) is 18.8 Å². The van der Waals surface area contributed by atoms with Gasteiger partial charge in [0.15, 0.2) is 0 Å². The summed E-state index contributed by atoms with van der Waals surface area (Å²) >= 11 is 0. The predicted molar refractivity (Wildman–Crippen MR) is 61.2 cm³/mol. The highest BCUT2D eigenvalue weighted by molar-refractivity contribution is 8.13. The number of sulfone groups is 1. The van der Waals surface area contributed by atoms with Crippen molar-refractivity contribution in [3.8, 4) is 0 Å². The molecule has 11 heteroatoms. The van der Waals surface area contributed by atoms with Crippen LogP contribution in [0.15, 0.2) is 0 Å². The molecule has 0 bridgehead atoms. The molecule has 16 heavy (non-hydrogen) atoms. The Labute approximate surface area is 100 Å². The first-order valence-corrected chi connectivity index (χ1v) is 10.2. The van der Waals surface area contributed by atoms with Crippen LogP contribution in [0.2, 0.25) is 0 Å². The van der Waals surface area contributed by atoms with Crippen LogP contribution < -0.4 is 0 Å². The minimum Gasteiger partial charge on any atom is -0.269 e. The molecule has 0 aliphatic rings. The van der Waals surface area contributed by atoms with E-state index in [1.54, 1.807) is 0 Å². The number of halogens is 1. The molecule has 0 aliphatic carbocycles. The van der Waals surface area contributed by atoms with Crippen LogP contribution in [0.4, 0.5) is 0 Å². The monoisotopic (exact) mass is 316 g/mol. The molecule has 0 aromatic rings. The van der Waals surface area contributed by atoms with E-state index >= 15 is 0 Å². The van der Waals surface area contributed by atoms with E-state index in [2.05, 4.69) is 14.9 Å². The van der Waals surface area contributed by atoms with E-state index in [-0.39, 0.29) is 12.4 Å². The van der Waals surface area contributed by atoms with Crippen molar-refractivity contribution >= 4 is 39.7 Å². The van der Waals surface area contributed by atoms with E-state index in [9.17, 15) is 25.3 Å². The molecule has 0 aromatic carbocycles. The second-order valence-electron chi connectivity index (χ2n) is 2.84. The van der Waals surface area contributed by atoms with E-state index in [0.29, 0.717) is 0 Å². The van der Waals surface area contributed by atoms with Crippen LogP contribution in [0.3, 0.4) is 0 Å². The summed E-state index contributed by atoms with van der Waals surface area (Å²) in [7, 11) is -5.34. The molecule has 0 atom stereocenters. The first kappa shape index (κ1) is 18.5. The minimum atomic E-state index is -3.51. The molecule has 0 aliphatic heterocycles. The first-order valence-electron chi connectivity index (χ1n) is 3.62. The largest absolute Gasteiger partial charge is 0.269 e. The molecule has 0 spiro atoms. The topological polar surface area (TPSA) is 112 Å². The maximum atomic E-state index is 10.4. The van der Waals surface area contributed by atoms with Crippen LogP contribution in [-0.2, 0) is 33.2 Å². The number of hydrogen-bond donors (Lipinski definition) is 0. The van der Waals surface area contributed by atoms with Gasteiger partial charge < -0.3 is 0 Å². The third kappa shape index (κ3) is 36.9. The van der Waals surface area contributed by atoms with Gasteiger partial charge in [-0.05, 0) is 0 Å². The van der Waals surface area contributed by atoms with Crippen molar-refractivity contribution in [2.45, 2.75) is 0 Å². The highest BCUT2D eigenvalue weighted by atomic mass is 35.7. The average molecular weight is 317 g/mol. The van der Waals surface area contributed by atoms with Crippen LogP contribution in [0.1, 0.15) is 0 Å². The molecule has 0 amide bonds. The van der Waals surface area contributed by atoms with E-state index in [4.69, 9.17) is 0 Å². The lowest BCUT2D eigenvalue weighted by Crippen LogP contribution is -2.13. The summed E-state index contributed by atoms with van der Waals surface area (Å²) in [5, 5.41) is 0. The summed E-state index contributed by atoms with van der Waals surface area (Å²) in [5.41, 5.74) is 0. The van der Waals surface area contributed by atoms with E-state index in [1.165, 1.54) is 0 Å². The molecule has 0 radical (unpaired) electrons. The highest BCUT2D eigenvalue weighted by Crippen LogP contribution is 1.89. The Hall–Kier alpha value is 0.1000. The van der Waals surface area contributed by atoms with Gasteiger partial charge in [-0.2, -0.15) is 8.42 Å². The van der Waals surface area contributed by atoms with Crippen molar-refractivity contribution in [3.05, 3.63) is 0 Å². The zero-order valence-corrected chi connectivity index (χ0v) is 12.1. The minimum absolute atomic E-state index is 0.278. The lowest BCUT2D eigenvalue weighted by Gasteiger charge is -1.98. The highest BCUT2D eigenvalue weighted by Gasteiger charge is 2.05. The first-order chi connectivity index (χ1) is 6.71. The summed E-state index contributed by atoms with van der Waals surface area (Å²) in [5.74, 6) is -0.278. The van der Waals surface area contributed by atoms with Crippen LogP contribution in [-0.4, -0.2) is 56.4 Å². The quantitative estimate of drug-likeness (QED) is 0.492. The van der Waals surface area contributed by atoms with Gasteiger partial charge in [0.25, 0.3) is 10.1 Å². The van der Waals surface area contributed by atoms with Crippen LogP contribution in [0, 0.1) is 0 Å². The van der Waals surface area contributed by atoms with Gasteiger partial charge in [0.05, 0.1) is 24.9 Å². The second kappa shape index (κ2) is 6.74. The molecule has 0 unspecified atom stereocenters. The van der Waals surface area contributed by atoms with E-state index in [1.807, 2.05) is 0 Å². The van der Waals surface area contributed by atoms with Gasteiger partial charge in [0.2, 0.25) is 9.05 Å². The smallest absolute Gasteiger partial charge is 0.264 e. The summed E-state index contributed by atoms with van der Waals surface area (Å²) in [6.07, 6.45) is 2.81. The van der Waals surface area contributed by atoms with Crippen molar-refractivity contribution < 1.29 is 29.4 Å². The van der Waals surface area contributed by atoms with Crippen LogP contribution in [0.25, 0.3) is 0 Å². The Morgan fingerprint density at radius 1 is 0.938 bits per heavy atom. The molecule has 7 nitrogen and oxygen atoms in total. The van der Waals surface area contributed by atoms with Gasteiger partial charge in [-0.15, -0.1) is 0 Å². The van der Waals surface area contributed by atoms with E-state index < -0.39 is 29.0 Å².